The first-order valence-electron chi connectivity index (χ1n) is 8.48. The maximum Gasteiger partial charge on any atom is 0.193 e. The molecule has 1 saturated heterocycles. The van der Waals surface area contributed by atoms with E-state index < -0.39 is 9.84 Å². The summed E-state index contributed by atoms with van der Waals surface area (Å²) < 4.78 is 31.1. The standard InChI is InChI=1S/C17H26BrN3O3S.HI/c1-3-24-13-14-8-10-21(12-14)17(19-2)20-9-11-25(22,23)16-6-4-15(18)5-7-16;/h4-7,14H,3,8-13H2,1-2H3,(H,19,20);1H. The summed E-state index contributed by atoms with van der Waals surface area (Å²) in [5, 5.41) is 3.17. The van der Waals surface area contributed by atoms with Crippen LogP contribution >= 0.6 is 39.9 Å². The number of hydrogen-bond acceptors (Lipinski definition) is 4. The molecule has 1 aromatic carbocycles. The number of rotatable bonds is 7. The molecule has 148 valence electrons. The van der Waals surface area contributed by atoms with Crippen molar-refractivity contribution < 1.29 is 13.2 Å². The molecule has 1 heterocycles. The first-order chi connectivity index (χ1) is 12.0. The maximum absolute atomic E-state index is 12.4. The van der Waals surface area contributed by atoms with Gasteiger partial charge in [0.25, 0.3) is 0 Å². The highest BCUT2D eigenvalue weighted by atomic mass is 127. The van der Waals surface area contributed by atoms with Crippen molar-refractivity contribution in [1.82, 2.24) is 10.2 Å². The minimum Gasteiger partial charge on any atom is -0.381 e. The Bertz CT molecular complexity index is 683. The van der Waals surface area contributed by atoms with Crippen LogP contribution in [0.15, 0.2) is 38.6 Å². The number of halogens is 2. The number of sulfone groups is 1. The zero-order valence-corrected chi connectivity index (χ0v) is 19.9. The number of likely N-dealkylation sites (tertiary alicyclic amines) is 1. The summed E-state index contributed by atoms with van der Waals surface area (Å²) in [7, 11) is -1.58. The second-order valence-corrected chi connectivity index (χ2v) is 9.03. The first kappa shape index (κ1) is 23.6. The van der Waals surface area contributed by atoms with Gasteiger partial charge in [0.1, 0.15) is 0 Å². The number of nitrogens with one attached hydrogen (secondary N) is 1. The van der Waals surface area contributed by atoms with Gasteiger partial charge >= 0.3 is 0 Å². The van der Waals surface area contributed by atoms with Crippen LogP contribution < -0.4 is 5.32 Å². The Morgan fingerprint density at radius 1 is 1.38 bits per heavy atom. The Labute approximate surface area is 181 Å². The van der Waals surface area contributed by atoms with Gasteiger partial charge in [0, 0.05) is 43.7 Å². The molecule has 0 saturated carbocycles. The van der Waals surface area contributed by atoms with Crippen LogP contribution in [0.3, 0.4) is 0 Å². The average Bonchev–Trinajstić information content (AvgIpc) is 3.06. The Hall–Kier alpha value is -0.390. The highest BCUT2D eigenvalue weighted by Crippen LogP contribution is 2.17. The van der Waals surface area contributed by atoms with E-state index in [9.17, 15) is 8.42 Å². The molecular formula is C17H27BrIN3O3S. The third-order valence-electron chi connectivity index (χ3n) is 4.18. The van der Waals surface area contributed by atoms with Gasteiger partial charge in [-0.2, -0.15) is 0 Å². The van der Waals surface area contributed by atoms with Crippen molar-refractivity contribution in [3.8, 4) is 0 Å². The van der Waals surface area contributed by atoms with Gasteiger partial charge in [0.2, 0.25) is 0 Å². The molecule has 26 heavy (non-hydrogen) atoms. The zero-order chi connectivity index (χ0) is 18.3. The van der Waals surface area contributed by atoms with Crippen molar-refractivity contribution >= 4 is 55.7 Å². The highest BCUT2D eigenvalue weighted by molar-refractivity contribution is 14.0. The molecule has 6 nitrogen and oxygen atoms in total. The van der Waals surface area contributed by atoms with Crippen LogP contribution in [0.4, 0.5) is 0 Å². The predicted octanol–water partition coefficient (Wildman–Crippen LogP) is 2.77. The van der Waals surface area contributed by atoms with Gasteiger partial charge in [0.15, 0.2) is 15.8 Å². The summed E-state index contributed by atoms with van der Waals surface area (Å²) in [6.45, 7) is 5.63. The number of guanidine groups is 1. The second-order valence-electron chi connectivity index (χ2n) is 6.01. The lowest BCUT2D eigenvalue weighted by molar-refractivity contribution is 0.114. The molecule has 1 unspecified atom stereocenters. The van der Waals surface area contributed by atoms with Gasteiger partial charge in [-0.1, -0.05) is 15.9 Å². The third-order valence-corrected chi connectivity index (χ3v) is 6.44. The van der Waals surface area contributed by atoms with E-state index in [4.69, 9.17) is 4.74 Å². The van der Waals surface area contributed by atoms with Crippen LogP contribution in [0.25, 0.3) is 0 Å². The lowest BCUT2D eigenvalue weighted by atomic mass is 10.1. The molecule has 1 aliphatic rings. The van der Waals surface area contributed by atoms with E-state index in [1.165, 1.54) is 0 Å². The normalized spacial score (nSPS) is 17.9. The van der Waals surface area contributed by atoms with E-state index in [0.717, 1.165) is 43.2 Å². The van der Waals surface area contributed by atoms with Crippen molar-refractivity contribution in [3.05, 3.63) is 28.7 Å². The topological polar surface area (TPSA) is 71.0 Å². The van der Waals surface area contributed by atoms with Gasteiger partial charge in [0.05, 0.1) is 17.3 Å². The monoisotopic (exact) mass is 559 g/mol. The average molecular weight is 560 g/mol. The van der Waals surface area contributed by atoms with E-state index in [1.807, 2.05) is 6.92 Å². The molecule has 0 amide bonds. The third kappa shape index (κ3) is 6.97. The highest BCUT2D eigenvalue weighted by Gasteiger charge is 2.25. The first-order valence-corrected chi connectivity index (χ1v) is 10.9. The molecule has 0 radical (unpaired) electrons. The van der Waals surface area contributed by atoms with Gasteiger partial charge < -0.3 is 15.0 Å². The van der Waals surface area contributed by atoms with Crippen molar-refractivity contribution in [1.29, 1.82) is 0 Å². The largest absolute Gasteiger partial charge is 0.381 e. The van der Waals surface area contributed by atoms with Crippen LogP contribution in [0.1, 0.15) is 13.3 Å². The van der Waals surface area contributed by atoms with Crippen LogP contribution in [0.2, 0.25) is 0 Å². The molecule has 0 aliphatic carbocycles. The lowest BCUT2D eigenvalue weighted by Gasteiger charge is -2.21. The fourth-order valence-electron chi connectivity index (χ4n) is 2.83. The van der Waals surface area contributed by atoms with E-state index in [2.05, 4.69) is 31.1 Å². The van der Waals surface area contributed by atoms with Gasteiger partial charge in [-0.15, -0.1) is 24.0 Å². The summed E-state index contributed by atoms with van der Waals surface area (Å²) in [4.78, 5) is 6.78. The zero-order valence-electron chi connectivity index (χ0n) is 15.2. The van der Waals surface area contributed by atoms with Crippen LogP contribution in [-0.2, 0) is 14.6 Å². The molecule has 1 fully saturated rings. The Kier molecular flexibility index (Phi) is 10.4. The molecule has 1 aromatic rings. The van der Waals surface area contributed by atoms with E-state index in [0.29, 0.717) is 17.4 Å². The van der Waals surface area contributed by atoms with Crippen molar-refractivity contribution in [2.45, 2.75) is 18.2 Å². The quantitative estimate of drug-likeness (QED) is 0.316. The van der Waals surface area contributed by atoms with Crippen LogP contribution in [-0.4, -0.2) is 64.9 Å². The number of nitrogens with zero attached hydrogens (tertiary/aromatic N) is 2. The van der Waals surface area contributed by atoms with Gasteiger partial charge in [-0.05, 0) is 37.6 Å². The molecule has 0 aromatic heterocycles. The minimum atomic E-state index is -3.30. The molecule has 0 bridgehead atoms. The molecule has 2 rings (SSSR count). The Balaban J connectivity index is 0.00000338. The molecule has 1 atom stereocenters. The van der Waals surface area contributed by atoms with E-state index in [-0.39, 0.29) is 29.7 Å². The molecule has 1 aliphatic heterocycles. The number of hydrogen-bond donors (Lipinski definition) is 1. The molecule has 9 heteroatoms. The molecular weight excluding hydrogens is 533 g/mol. The smallest absolute Gasteiger partial charge is 0.193 e. The minimum absolute atomic E-state index is 0. The van der Waals surface area contributed by atoms with Crippen LogP contribution in [0, 0.1) is 5.92 Å². The fourth-order valence-corrected chi connectivity index (χ4v) is 4.26. The lowest BCUT2D eigenvalue weighted by Crippen LogP contribution is -2.42. The second kappa shape index (κ2) is 11.5. The molecule has 1 N–H and O–H groups in total. The van der Waals surface area contributed by atoms with Gasteiger partial charge in [-0.3, -0.25) is 4.99 Å². The van der Waals surface area contributed by atoms with Crippen LogP contribution in [0.5, 0.6) is 0 Å². The summed E-state index contributed by atoms with van der Waals surface area (Å²) in [5.74, 6) is 1.29. The summed E-state index contributed by atoms with van der Waals surface area (Å²) >= 11 is 3.31. The Morgan fingerprint density at radius 3 is 2.69 bits per heavy atom. The predicted molar refractivity (Wildman–Crippen MR) is 119 cm³/mol. The maximum atomic E-state index is 12.4. The number of benzene rings is 1. The molecule has 0 spiro atoms. The summed E-state index contributed by atoms with van der Waals surface area (Å²) in [6, 6.07) is 6.71. The van der Waals surface area contributed by atoms with E-state index in [1.54, 1.807) is 31.3 Å². The summed E-state index contributed by atoms with van der Waals surface area (Å²) in [5.41, 5.74) is 0. The van der Waals surface area contributed by atoms with E-state index >= 15 is 0 Å². The van der Waals surface area contributed by atoms with Gasteiger partial charge in [-0.25, -0.2) is 8.42 Å². The number of aliphatic imine (C=N–C) groups is 1. The van der Waals surface area contributed by atoms with Crippen molar-refractivity contribution in [3.63, 3.8) is 0 Å². The summed E-state index contributed by atoms with van der Waals surface area (Å²) in [6.07, 6.45) is 1.07. The fraction of sp³-hybridized carbons (Fsp3) is 0.588. The van der Waals surface area contributed by atoms with Crippen molar-refractivity contribution in [2.24, 2.45) is 10.9 Å². The SMILES string of the molecule is CCOCC1CCN(C(=NC)NCCS(=O)(=O)c2ccc(Br)cc2)C1.I. The Morgan fingerprint density at radius 2 is 2.08 bits per heavy atom. The number of ether oxygens (including phenoxy) is 1. The van der Waals surface area contributed by atoms with Crippen molar-refractivity contribution in [2.75, 3.05) is 45.6 Å².